The van der Waals surface area contributed by atoms with Gasteiger partial charge in [0.15, 0.2) is 12.1 Å². The van der Waals surface area contributed by atoms with Gasteiger partial charge in [0.1, 0.15) is 18.2 Å². The molecule has 0 bridgehead atoms. The van der Waals surface area contributed by atoms with Crippen LogP contribution in [0.4, 0.5) is 5.82 Å². The van der Waals surface area contributed by atoms with Gasteiger partial charge in [-0.1, -0.05) is 60.7 Å². The number of tetrazole rings is 1. The maximum Gasteiger partial charge on any atom is 0.172 e. The Morgan fingerprint density at radius 1 is 0.973 bits per heavy atom. The second-order valence-electron chi connectivity index (χ2n) is 8.74. The van der Waals surface area contributed by atoms with Gasteiger partial charge in [0.2, 0.25) is 0 Å². The molecule has 0 spiro atoms. The van der Waals surface area contributed by atoms with Crippen LogP contribution in [0, 0.1) is 0 Å². The van der Waals surface area contributed by atoms with Crippen molar-refractivity contribution in [3.8, 4) is 5.75 Å². The molecule has 0 radical (unpaired) electrons. The Morgan fingerprint density at radius 2 is 1.73 bits per heavy atom. The van der Waals surface area contributed by atoms with E-state index in [4.69, 9.17) is 4.74 Å². The summed E-state index contributed by atoms with van der Waals surface area (Å²) in [6.45, 7) is 1.54. The number of aldehydes is 1. The van der Waals surface area contributed by atoms with E-state index in [1.807, 2.05) is 36.4 Å². The fraction of sp³-hybridized carbons (Fsp3) is 0.172. The molecule has 0 amide bonds. The molecule has 0 saturated heterocycles. The zero-order chi connectivity index (χ0) is 25.5. The van der Waals surface area contributed by atoms with Crippen LogP contribution >= 0.6 is 0 Å². The number of carbonyl (C=O) groups is 1. The van der Waals surface area contributed by atoms with Crippen LogP contribution in [0.15, 0.2) is 78.9 Å². The third-order valence-electron chi connectivity index (χ3n) is 6.26. The van der Waals surface area contributed by atoms with E-state index in [-0.39, 0.29) is 6.61 Å². The zero-order valence-electron chi connectivity index (χ0n) is 20.6. The molecule has 5 aromatic rings. The Labute approximate surface area is 215 Å². The number of hydrogen-bond donors (Lipinski definition) is 1. The third-order valence-corrected chi connectivity index (χ3v) is 6.26. The SMILES string of the molecule is CN(CCc1ccccc1)c1c(C=Cc2nnn[nH]2)c2cc(OCC=O)ccc2n1Cc1ccccc1. The van der Waals surface area contributed by atoms with Gasteiger partial charge in [0.05, 0.1) is 5.52 Å². The summed E-state index contributed by atoms with van der Waals surface area (Å²) in [5, 5.41) is 15.2. The minimum absolute atomic E-state index is 0.00890. The number of carbonyl (C=O) groups excluding carboxylic acids is 1. The Bertz CT molecular complexity index is 1480. The van der Waals surface area contributed by atoms with E-state index in [0.717, 1.165) is 41.5 Å². The molecule has 2 aromatic heterocycles. The molecule has 37 heavy (non-hydrogen) atoms. The number of nitrogens with one attached hydrogen (secondary N) is 1. The van der Waals surface area contributed by atoms with Gasteiger partial charge in [-0.3, -0.25) is 4.79 Å². The van der Waals surface area contributed by atoms with Crippen molar-refractivity contribution >= 4 is 35.2 Å². The fourth-order valence-electron chi connectivity index (χ4n) is 4.52. The van der Waals surface area contributed by atoms with E-state index in [1.165, 1.54) is 11.1 Å². The van der Waals surface area contributed by atoms with Gasteiger partial charge in [-0.05, 0) is 58.3 Å². The van der Waals surface area contributed by atoms with E-state index in [2.05, 4.69) is 91.7 Å². The largest absolute Gasteiger partial charge is 0.486 e. The van der Waals surface area contributed by atoms with E-state index in [1.54, 1.807) is 0 Å². The van der Waals surface area contributed by atoms with Crippen LogP contribution < -0.4 is 9.64 Å². The average Bonchev–Trinajstić information content (AvgIpc) is 3.56. The van der Waals surface area contributed by atoms with E-state index in [0.29, 0.717) is 18.1 Å². The molecule has 0 aliphatic carbocycles. The van der Waals surface area contributed by atoms with Crippen molar-refractivity contribution in [2.45, 2.75) is 13.0 Å². The first-order valence-corrected chi connectivity index (χ1v) is 12.2. The lowest BCUT2D eigenvalue weighted by molar-refractivity contribution is -0.109. The number of H-pyrrole nitrogens is 1. The third kappa shape index (κ3) is 5.59. The minimum Gasteiger partial charge on any atom is -0.486 e. The summed E-state index contributed by atoms with van der Waals surface area (Å²) in [6, 6.07) is 26.9. The average molecular weight is 493 g/mol. The Morgan fingerprint density at radius 3 is 2.43 bits per heavy atom. The van der Waals surface area contributed by atoms with Crippen LogP contribution in [0.1, 0.15) is 22.5 Å². The fourth-order valence-corrected chi connectivity index (χ4v) is 4.52. The van der Waals surface area contributed by atoms with Gasteiger partial charge in [-0.15, -0.1) is 5.10 Å². The summed E-state index contributed by atoms with van der Waals surface area (Å²) in [7, 11) is 2.12. The Hall–Kier alpha value is -4.72. The highest BCUT2D eigenvalue weighted by molar-refractivity contribution is 5.99. The Kier molecular flexibility index (Phi) is 7.36. The van der Waals surface area contributed by atoms with E-state index >= 15 is 0 Å². The van der Waals surface area contributed by atoms with E-state index in [9.17, 15) is 4.79 Å². The molecule has 0 saturated carbocycles. The second-order valence-corrected chi connectivity index (χ2v) is 8.74. The number of aromatic nitrogens is 5. The smallest absolute Gasteiger partial charge is 0.172 e. The first-order chi connectivity index (χ1) is 18.2. The number of likely N-dealkylation sites (N-methyl/N-ethyl adjacent to an activating group) is 1. The number of hydrogen-bond acceptors (Lipinski definition) is 6. The van der Waals surface area contributed by atoms with Crippen LogP contribution in [0.3, 0.4) is 0 Å². The first-order valence-electron chi connectivity index (χ1n) is 12.2. The van der Waals surface area contributed by atoms with Gasteiger partial charge in [-0.2, -0.15) is 0 Å². The van der Waals surface area contributed by atoms with Gasteiger partial charge in [0, 0.05) is 31.1 Å². The number of anilines is 1. The standard InChI is InChI=1S/C29H28N6O2/c1-34(17-16-22-8-4-2-5-9-22)29-25(13-15-28-30-32-33-31-28)26-20-24(37-19-18-36)12-14-27(26)35(29)21-23-10-6-3-7-11-23/h2-15,18,20H,16-17,19,21H2,1H3,(H,30,31,32,33). The number of benzene rings is 3. The van der Waals surface area contributed by atoms with Crippen molar-refractivity contribution in [3.63, 3.8) is 0 Å². The predicted octanol–water partition coefficient (Wildman–Crippen LogP) is 4.63. The monoisotopic (exact) mass is 492 g/mol. The van der Waals surface area contributed by atoms with Gasteiger partial charge in [0.25, 0.3) is 0 Å². The van der Waals surface area contributed by atoms with Crippen molar-refractivity contribution in [1.29, 1.82) is 0 Å². The van der Waals surface area contributed by atoms with Crippen molar-refractivity contribution in [2.24, 2.45) is 0 Å². The highest BCUT2D eigenvalue weighted by atomic mass is 16.5. The molecule has 186 valence electrons. The quantitative estimate of drug-likeness (QED) is 0.271. The summed E-state index contributed by atoms with van der Waals surface area (Å²) in [6.07, 6.45) is 5.57. The zero-order valence-corrected chi connectivity index (χ0v) is 20.6. The molecule has 3 aromatic carbocycles. The van der Waals surface area contributed by atoms with Gasteiger partial charge in [-0.25, -0.2) is 5.10 Å². The predicted molar refractivity (Wildman–Crippen MR) is 146 cm³/mol. The van der Waals surface area contributed by atoms with Crippen molar-refractivity contribution in [2.75, 3.05) is 25.1 Å². The molecular formula is C29H28N6O2. The Balaban J connectivity index is 1.63. The molecule has 8 heteroatoms. The molecule has 0 aliphatic rings. The number of nitrogens with zero attached hydrogens (tertiary/aromatic N) is 5. The van der Waals surface area contributed by atoms with Crippen LogP contribution in [-0.4, -0.2) is 51.7 Å². The maximum atomic E-state index is 10.9. The lowest BCUT2D eigenvalue weighted by Crippen LogP contribution is -2.24. The molecule has 0 atom stereocenters. The van der Waals surface area contributed by atoms with Crippen LogP contribution in [0.5, 0.6) is 5.75 Å². The molecule has 0 aliphatic heterocycles. The normalized spacial score (nSPS) is 11.3. The van der Waals surface area contributed by atoms with Crippen molar-refractivity contribution < 1.29 is 9.53 Å². The number of ether oxygens (including phenoxy) is 1. The summed E-state index contributed by atoms with van der Waals surface area (Å²) in [5.74, 6) is 2.28. The highest BCUT2D eigenvalue weighted by Crippen LogP contribution is 2.37. The first kappa shape index (κ1) is 24.0. The summed E-state index contributed by atoms with van der Waals surface area (Å²) < 4.78 is 7.98. The number of rotatable bonds is 11. The lowest BCUT2D eigenvalue weighted by Gasteiger charge is -2.23. The molecule has 5 rings (SSSR count). The molecule has 1 N–H and O–H groups in total. The minimum atomic E-state index is 0.00890. The van der Waals surface area contributed by atoms with Crippen molar-refractivity contribution in [3.05, 3.63) is 101 Å². The second kappa shape index (κ2) is 11.3. The molecule has 0 unspecified atom stereocenters. The molecule has 8 nitrogen and oxygen atoms in total. The summed E-state index contributed by atoms with van der Waals surface area (Å²) >= 11 is 0. The summed E-state index contributed by atoms with van der Waals surface area (Å²) in [4.78, 5) is 13.2. The van der Waals surface area contributed by atoms with Crippen LogP contribution in [0.25, 0.3) is 23.1 Å². The molecular weight excluding hydrogens is 464 g/mol. The van der Waals surface area contributed by atoms with Gasteiger partial charge < -0.3 is 14.2 Å². The lowest BCUT2D eigenvalue weighted by atomic mass is 10.1. The summed E-state index contributed by atoms with van der Waals surface area (Å²) in [5.41, 5.74) is 4.58. The highest BCUT2D eigenvalue weighted by Gasteiger charge is 2.20. The van der Waals surface area contributed by atoms with E-state index < -0.39 is 0 Å². The van der Waals surface area contributed by atoms with Crippen LogP contribution in [-0.2, 0) is 17.8 Å². The topological polar surface area (TPSA) is 88.9 Å². The maximum absolute atomic E-state index is 10.9. The molecule has 0 fully saturated rings. The van der Waals surface area contributed by atoms with Gasteiger partial charge >= 0.3 is 0 Å². The number of aromatic amines is 1. The van der Waals surface area contributed by atoms with Crippen molar-refractivity contribution in [1.82, 2.24) is 25.2 Å². The molecule has 2 heterocycles. The number of fused-ring (bicyclic) bond motifs is 1. The van der Waals surface area contributed by atoms with Crippen LogP contribution in [0.2, 0.25) is 0 Å².